The van der Waals surface area contributed by atoms with Crippen LogP contribution in [0.5, 0.6) is 0 Å². The number of hydrogen-bond donors (Lipinski definition) is 2. The van der Waals surface area contributed by atoms with E-state index in [0.717, 1.165) is 32.4 Å². The average molecular weight is 218 g/mol. The molecule has 0 saturated carbocycles. The summed E-state index contributed by atoms with van der Waals surface area (Å²) in [5.41, 5.74) is 5.25. The minimum absolute atomic E-state index is 0. The van der Waals surface area contributed by atoms with E-state index in [1.807, 2.05) is 0 Å². The van der Waals surface area contributed by atoms with Gasteiger partial charge in [-0.1, -0.05) is 6.42 Å². The van der Waals surface area contributed by atoms with Gasteiger partial charge in [-0.3, -0.25) is 0 Å². The van der Waals surface area contributed by atoms with Gasteiger partial charge in [-0.15, -0.1) is 0 Å². The number of nitrogens with two attached hydrogens (primary N) is 1. The Morgan fingerprint density at radius 3 is 2.50 bits per heavy atom. The van der Waals surface area contributed by atoms with Crippen molar-refractivity contribution in [1.29, 1.82) is 0 Å². The third-order valence-corrected chi connectivity index (χ3v) is 1.08. The fourth-order valence-electron chi connectivity index (χ4n) is 0.586. The van der Waals surface area contributed by atoms with E-state index in [0.29, 0.717) is 0 Å². The monoisotopic (exact) mass is 218 g/mol. The maximum Gasteiger partial charge on any atom is 0 e. The normalized spacial score (nSPS) is 8.10. The Balaban J connectivity index is 0. The number of carbonyl (C=O) groups excluding carboxylic acids is 1. The van der Waals surface area contributed by atoms with Gasteiger partial charge >= 0.3 is 0 Å². The fourth-order valence-corrected chi connectivity index (χ4v) is 0.586. The summed E-state index contributed by atoms with van der Waals surface area (Å²) in [5.74, 6) is 0. The van der Waals surface area contributed by atoms with Crippen molar-refractivity contribution in [3.63, 3.8) is 0 Å². The van der Waals surface area contributed by atoms with Crippen molar-refractivity contribution in [3.05, 3.63) is 0 Å². The summed E-state index contributed by atoms with van der Waals surface area (Å²) >= 11 is 0. The predicted octanol–water partition coefficient (Wildman–Crippen LogP) is -0.230. The third kappa shape index (κ3) is 11.3. The molecule has 0 aromatic rings. The zero-order valence-corrected chi connectivity index (χ0v) is 8.94. The minimum Gasteiger partial charge on any atom is -0.530 e. The Labute approximate surface area is 87.0 Å². The van der Waals surface area contributed by atoms with E-state index in [9.17, 15) is 4.79 Å². The van der Waals surface area contributed by atoms with Crippen molar-refractivity contribution in [2.24, 2.45) is 5.73 Å². The molecule has 0 atom stereocenters. The van der Waals surface area contributed by atoms with Crippen LogP contribution in [0.25, 0.3) is 0 Å². The summed E-state index contributed by atoms with van der Waals surface area (Å²) in [7, 11) is 0. The second-order valence-electron chi connectivity index (χ2n) is 1.88. The number of hydrogen-bond acceptors (Lipinski definition) is 2. The summed E-state index contributed by atoms with van der Waals surface area (Å²) in [4.78, 5) is 9.58. The Bertz CT molecular complexity index is 70.8. The Morgan fingerprint density at radius 2 is 2.00 bits per heavy atom. The van der Waals surface area contributed by atoms with Gasteiger partial charge in [0.15, 0.2) is 0 Å². The SMILES string of the molecule is NCCCCCN[C-]=O.[Y]. The summed E-state index contributed by atoms with van der Waals surface area (Å²) < 4.78 is 0. The molecule has 0 bridgehead atoms. The molecule has 0 aliphatic heterocycles. The molecule has 0 spiro atoms. The molecule has 0 rings (SSSR count). The summed E-state index contributed by atoms with van der Waals surface area (Å²) in [6, 6.07) is 0. The Morgan fingerprint density at radius 1 is 1.30 bits per heavy atom. The molecular formula is C6H13N2OY-. The van der Waals surface area contributed by atoms with Gasteiger partial charge in [0.1, 0.15) is 0 Å². The van der Waals surface area contributed by atoms with Gasteiger partial charge in [-0.2, -0.15) is 6.41 Å². The van der Waals surface area contributed by atoms with Crippen LogP contribution in [0, 0.1) is 0 Å². The van der Waals surface area contributed by atoms with Crippen molar-refractivity contribution >= 4 is 6.41 Å². The topological polar surface area (TPSA) is 55.1 Å². The number of unbranched alkanes of at least 4 members (excludes halogenated alkanes) is 2. The second kappa shape index (κ2) is 12.2. The molecule has 3 N–H and O–H groups in total. The zero-order chi connectivity index (χ0) is 6.95. The van der Waals surface area contributed by atoms with Crippen LogP contribution in [-0.4, -0.2) is 19.5 Å². The van der Waals surface area contributed by atoms with Crippen molar-refractivity contribution in [2.75, 3.05) is 13.1 Å². The van der Waals surface area contributed by atoms with E-state index in [1.54, 1.807) is 6.41 Å². The molecule has 0 aliphatic rings. The van der Waals surface area contributed by atoms with Crippen LogP contribution in [0.3, 0.4) is 0 Å². The van der Waals surface area contributed by atoms with Gasteiger partial charge in [0.05, 0.1) is 0 Å². The molecule has 0 aliphatic carbocycles. The van der Waals surface area contributed by atoms with E-state index in [-0.39, 0.29) is 32.7 Å². The largest absolute Gasteiger partial charge is 0.530 e. The Kier molecular flexibility index (Phi) is 16.1. The molecule has 0 unspecified atom stereocenters. The van der Waals surface area contributed by atoms with Gasteiger partial charge in [0.2, 0.25) is 0 Å². The molecule has 0 heterocycles. The van der Waals surface area contributed by atoms with Crippen LogP contribution in [0.1, 0.15) is 19.3 Å². The van der Waals surface area contributed by atoms with Gasteiger partial charge in [0, 0.05) is 32.7 Å². The van der Waals surface area contributed by atoms with Crippen LogP contribution in [0.4, 0.5) is 0 Å². The van der Waals surface area contributed by atoms with Crippen LogP contribution in [0.15, 0.2) is 0 Å². The maximum absolute atomic E-state index is 9.58. The molecule has 4 heteroatoms. The van der Waals surface area contributed by atoms with Crippen molar-refractivity contribution in [3.8, 4) is 0 Å². The van der Waals surface area contributed by atoms with Gasteiger partial charge in [-0.25, -0.2) is 0 Å². The maximum atomic E-state index is 9.58. The average Bonchev–Trinajstić information content (AvgIpc) is 1.89. The van der Waals surface area contributed by atoms with Crippen LogP contribution in [0.2, 0.25) is 0 Å². The predicted molar refractivity (Wildman–Crippen MR) is 36.6 cm³/mol. The standard InChI is InChI=1S/C6H13N2O.Y/c7-4-2-1-3-5-8-6-9;/h1-5,7H2,(H,8,9);/q-1;. The molecule has 57 valence electrons. The molecular weight excluding hydrogens is 205 g/mol. The first-order valence-corrected chi connectivity index (χ1v) is 3.22. The molecule has 0 fully saturated rings. The van der Waals surface area contributed by atoms with Crippen molar-refractivity contribution in [2.45, 2.75) is 19.3 Å². The molecule has 3 nitrogen and oxygen atoms in total. The number of amides is 1. The first kappa shape index (κ1) is 13.1. The quantitative estimate of drug-likeness (QED) is 0.367. The Hall–Kier alpha value is 0.534. The number of rotatable bonds is 6. The molecule has 0 aromatic heterocycles. The molecule has 10 heavy (non-hydrogen) atoms. The van der Waals surface area contributed by atoms with Crippen LogP contribution >= 0.6 is 0 Å². The minimum atomic E-state index is 0. The van der Waals surface area contributed by atoms with Gasteiger partial charge in [0.25, 0.3) is 0 Å². The third-order valence-electron chi connectivity index (χ3n) is 1.08. The fraction of sp³-hybridized carbons (Fsp3) is 0.833. The van der Waals surface area contributed by atoms with E-state index >= 15 is 0 Å². The smallest absolute Gasteiger partial charge is 0 e. The van der Waals surface area contributed by atoms with Crippen molar-refractivity contribution in [1.82, 2.24) is 5.32 Å². The van der Waals surface area contributed by atoms with Gasteiger partial charge in [-0.05, 0) is 25.9 Å². The molecule has 1 radical (unpaired) electrons. The molecule has 0 saturated heterocycles. The summed E-state index contributed by atoms with van der Waals surface area (Å²) in [6.45, 7) is 1.47. The van der Waals surface area contributed by atoms with E-state index < -0.39 is 0 Å². The molecule has 1 amide bonds. The van der Waals surface area contributed by atoms with E-state index in [4.69, 9.17) is 5.73 Å². The van der Waals surface area contributed by atoms with Crippen LogP contribution < -0.4 is 11.1 Å². The summed E-state index contributed by atoms with van der Waals surface area (Å²) in [6.07, 6.45) is 4.75. The molecule has 0 aromatic carbocycles. The van der Waals surface area contributed by atoms with E-state index in [2.05, 4.69) is 5.32 Å². The summed E-state index contributed by atoms with van der Waals surface area (Å²) in [5, 5.41) is 2.46. The zero-order valence-electron chi connectivity index (χ0n) is 6.10. The first-order chi connectivity index (χ1) is 4.41. The van der Waals surface area contributed by atoms with Crippen LogP contribution in [-0.2, 0) is 37.5 Å². The number of nitrogens with one attached hydrogen (secondary N) is 1. The second-order valence-corrected chi connectivity index (χ2v) is 1.88. The van der Waals surface area contributed by atoms with Crippen molar-refractivity contribution < 1.29 is 37.5 Å². The first-order valence-electron chi connectivity index (χ1n) is 3.22. The van der Waals surface area contributed by atoms with E-state index in [1.165, 1.54) is 0 Å². The van der Waals surface area contributed by atoms with Gasteiger partial charge < -0.3 is 15.8 Å².